The molecule has 1 amide bonds. The first-order valence-corrected chi connectivity index (χ1v) is 4.10. The Balaban J connectivity index is 4.24. The van der Waals surface area contributed by atoms with Crippen molar-refractivity contribution >= 4 is 5.91 Å². The van der Waals surface area contributed by atoms with Crippen molar-refractivity contribution < 1.29 is 4.79 Å². The average molecular weight is 189 g/mol. The Labute approximate surface area is 79.2 Å². The summed E-state index contributed by atoms with van der Waals surface area (Å²) >= 11 is 0. The summed E-state index contributed by atoms with van der Waals surface area (Å²) in [6.07, 6.45) is -0.185. The van der Waals surface area contributed by atoms with Gasteiger partial charge in [0.2, 0.25) is 5.91 Å². The van der Waals surface area contributed by atoms with Gasteiger partial charge in [-0.2, -0.15) is 5.12 Å². The summed E-state index contributed by atoms with van der Waals surface area (Å²) in [6, 6.07) is 0. The number of amides is 1. The molecule has 0 fully saturated rings. The molecule has 0 saturated carbocycles. The first-order valence-electron chi connectivity index (χ1n) is 4.10. The lowest BCUT2D eigenvalue weighted by Gasteiger charge is -2.36. The molecule has 0 aromatic rings. The van der Waals surface area contributed by atoms with Crippen molar-refractivity contribution in [3.63, 3.8) is 0 Å². The van der Waals surface area contributed by atoms with Crippen molar-refractivity contribution in [2.45, 2.75) is 20.0 Å². The van der Waals surface area contributed by atoms with Gasteiger partial charge in [0.1, 0.15) is 6.17 Å². The van der Waals surface area contributed by atoms with Gasteiger partial charge >= 0.3 is 0 Å². The summed E-state index contributed by atoms with van der Waals surface area (Å²) in [5.41, 5.74) is 2.91. The Morgan fingerprint density at radius 2 is 1.92 bits per heavy atom. The number of rotatable bonds is 4. The normalized spacial score (nSPS) is 13.5. The first-order chi connectivity index (χ1) is 5.91. The maximum Gasteiger partial charge on any atom is 0.234 e. The quantitative estimate of drug-likeness (QED) is 0.256. The molecule has 0 heterocycles. The lowest BCUT2D eigenvalue weighted by atomic mass is 10.5. The molecule has 0 aliphatic heterocycles. The van der Waals surface area contributed by atoms with Crippen LogP contribution in [0.2, 0.25) is 0 Å². The maximum atomic E-state index is 10.9. The van der Waals surface area contributed by atoms with Crippen LogP contribution in [0.3, 0.4) is 0 Å². The molecule has 0 spiro atoms. The van der Waals surface area contributed by atoms with Crippen LogP contribution in [0.25, 0.3) is 0 Å². The van der Waals surface area contributed by atoms with Crippen molar-refractivity contribution in [3.05, 3.63) is 0 Å². The van der Waals surface area contributed by atoms with Crippen molar-refractivity contribution in [3.8, 4) is 0 Å². The summed E-state index contributed by atoms with van der Waals surface area (Å²) in [5, 5.41) is 4.72. The van der Waals surface area contributed by atoms with Crippen LogP contribution in [0, 0.1) is 0 Å². The molecule has 0 saturated heterocycles. The molecule has 0 rings (SSSR count). The zero-order chi connectivity index (χ0) is 10.6. The Morgan fingerprint density at radius 1 is 1.46 bits per heavy atom. The van der Waals surface area contributed by atoms with Crippen molar-refractivity contribution in [1.29, 1.82) is 0 Å². The number of nitrogens with two attached hydrogens (primary N) is 1. The minimum atomic E-state index is -0.185. The second-order valence-corrected chi connectivity index (χ2v) is 2.88. The smallest absolute Gasteiger partial charge is 0.234 e. The third-order valence-corrected chi connectivity index (χ3v) is 2.10. The van der Waals surface area contributed by atoms with E-state index in [9.17, 15) is 4.79 Å². The van der Waals surface area contributed by atoms with Gasteiger partial charge < -0.3 is 0 Å². The topological polar surface area (TPSA) is 64.8 Å². The molecule has 0 aliphatic rings. The Bertz CT molecular complexity index is 174. The maximum absolute atomic E-state index is 10.9. The van der Waals surface area contributed by atoms with Gasteiger partial charge in [-0.3, -0.25) is 9.80 Å². The van der Waals surface area contributed by atoms with Crippen LogP contribution in [-0.4, -0.2) is 48.4 Å². The summed E-state index contributed by atoms with van der Waals surface area (Å²) in [6.45, 7) is 3.28. The number of hydrogen-bond acceptors (Lipinski definition) is 5. The van der Waals surface area contributed by atoms with Gasteiger partial charge in [-0.05, 0) is 6.92 Å². The van der Waals surface area contributed by atoms with E-state index in [2.05, 4.69) is 5.43 Å². The molecule has 1 unspecified atom stereocenters. The highest BCUT2D eigenvalue weighted by molar-refractivity contribution is 5.72. The van der Waals surface area contributed by atoms with E-state index < -0.39 is 0 Å². The zero-order valence-corrected chi connectivity index (χ0v) is 8.90. The van der Waals surface area contributed by atoms with Crippen molar-refractivity contribution in [1.82, 2.24) is 20.6 Å². The first kappa shape index (κ1) is 12.3. The van der Waals surface area contributed by atoms with E-state index in [0.717, 1.165) is 0 Å². The fourth-order valence-corrected chi connectivity index (χ4v) is 0.852. The second kappa shape index (κ2) is 5.13. The number of nitrogens with zero attached hydrogens (tertiary/aromatic N) is 3. The Hall–Kier alpha value is -0.690. The minimum absolute atomic E-state index is 0.163. The molecule has 0 bridgehead atoms. The number of hydrogen-bond donors (Lipinski definition) is 2. The van der Waals surface area contributed by atoms with Gasteiger partial charge in [0.25, 0.3) is 0 Å². The zero-order valence-electron chi connectivity index (χ0n) is 8.90. The SMILES string of the molecule is CNN(C)N(C)C(C)N(N)C(C)=O. The lowest BCUT2D eigenvalue weighted by Crippen LogP contribution is -2.58. The summed E-state index contributed by atoms with van der Waals surface area (Å²) < 4.78 is 0. The molecule has 13 heavy (non-hydrogen) atoms. The predicted molar refractivity (Wildman–Crippen MR) is 50.8 cm³/mol. The molecule has 3 N–H and O–H groups in total. The van der Waals surface area contributed by atoms with Crippen LogP contribution >= 0.6 is 0 Å². The number of carbonyl (C=O) groups is 1. The van der Waals surface area contributed by atoms with Gasteiger partial charge in [-0.25, -0.2) is 16.3 Å². The van der Waals surface area contributed by atoms with E-state index in [0.29, 0.717) is 0 Å². The fourth-order valence-electron chi connectivity index (χ4n) is 0.852. The van der Waals surface area contributed by atoms with Crippen LogP contribution in [0.1, 0.15) is 13.8 Å². The van der Waals surface area contributed by atoms with E-state index >= 15 is 0 Å². The van der Waals surface area contributed by atoms with Crippen LogP contribution in [0.15, 0.2) is 0 Å². The van der Waals surface area contributed by atoms with E-state index in [4.69, 9.17) is 5.84 Å². The minimum Gasteiger partial charge on any atom is -0.274 e. The molecule has 0 aliphatic carbocycles. The number of hydrazine groups is 3. The summed E-state index contributed by atoms with van der Waals surface area (Å²) in [7, 11) is 5.46. The largest absolute Gasteiger partial charge is 0.274 e. The van der Waals surface area contributed by atoms with Gasteiger partial charge in [0.05, 0.1) is 0 Å². The van der Waals surface area contributed by atoms with Gasteiger partial charge in [-0.15, -0.1) is 0 Å². The fraction of sp³-hybridized carbons (Fsp3) is 0.857. The Morgan fingerprint density at radius 3 is 2.23 bits per heavy atom. The third kappa shape index (κ3) is 3.27. The van der Waals surface area contributed by atoms with E-state index in [1.807, 2.05) is 21.0 Å². The molecular weight excluding hydrogens is 170 g/mol. The van der Waals surface area contributed by atoms with E-state index in [1.54, 1.807) is 17.2 Å². The predicted octanol–water partition coefficient (Wildman–Crippen LogP) is -1.03. The molecule has 6 heteroatoms. The highest BCUT2D eigenvalue weighted by Gasteiger charge is 2.19. The molecule has 78 valence electrons. The highest BCUT2D eigenvalue weighted by atomic mass is 16.2. The number of nitrogens with one attached hydrogen (secondary N) is 1. The molecule has 0 radical (unpaired) electrons. The van der Waals surface area contributed by atoms with Gasteiger partial charge in [0.15, 0.2) is 0 Å². The highest BCUT2D eigenvalue weighted by Crippen LogP contribution is 1.99. The monoisotopic (exact) mass is 189 g/mol. The molecular formula is C7H19N5O. The van der Waals surface area contributed by atoms with Crippen LogP contribution in [0.5, 0.6) is 0 Å². The molecule has 0 aromatic carbocycles. The molecule has 6 nitrogen and oxygen atoms in total. The molecule has 0 aromatic heterocycles. The second-order valence-electron chi connectivity index (χ2n) is 2.88. The van der Waals surface area contributed by atoms with Gasteiger partial charge in [-0.1, -0.05) is 0 Å². The van der Waals surface area contributed by atoms with Crippen molar-refractivity contribution in [2.24, 2.45) is 5.84 Å². The van der Waals surface area contributed by atoms with Gasteiger partial charge in [0, 0.05) is 28.1 Å². The summed E-state index contributed by atoms with van der Waals surface area (Å²) in [5.74, 6) is 5.38. The molecule has 1 atom stereocenters. The van der Waals surface area contributed by atoms with Crippen LogP contribution in [-0.2, 0) is 4.79 Å². The summed E-state index contributed by atoms with van der Waals surface area (Å²) in [4.78, 5) is 10.9. The van der Waals surface area contributed by atoms with Crippen LogP contribution < -0.4 is 11.3 Å². The number of carbonyl (C=O) groups excluding carboxylic acids is 1. The lowest BCUT2D eigenvalue weighted by molar-refractivity contribution is -0.146. The third-order valence-electron chi connectivity index (χ3n) is 2.10. The van der Waals surface area contributed by atoms with E-state index in [1.165, 1.54) is 11.9 Å². The Kier molecular flexibility index (Phi) is 4.86. The standard InChI is InChI=1S/C7H19N5O/c1-6(12(8)7(2)13)10(4)11(5)9-3/h6,9H,8H2,1-5H3. The van der Waals surface area contributed by atoms with Crippen LogP contribution in [0.4, 0.5) is 0 Å². The average Bonchev–Trinajstić information content (AvgIpc) is 2.12. The van der Waals surface area contributed by atoms with Crippen molar-refractivity contribution in [2.75, 3.05) is 21.1 Å². The van der Waals surface area contributed by atoms with E-state index in [-0.39, 0.29) is 12.1 Å².